The van der Waals surface area contributed by atoms with E-state index in [2.05, 4.69) is 15.7 Å². The van der Waals surface area contributed by atoms with Crippen LogP contribution in [0.3, 0.4) is 0 Å². The lowest BCUT2D eigenvalue weighted by Crippen LogP contribution is -2.60. The summed E-state index contributed by atoms with van der Waals surface area (Å²) in [4.78, 5) is 12.2. The molecule has 2 aliphatic rings. The molecule has 1 aromatic heterocycles. The zero-order valence-corrected chi connectivity index (χ0v) is 13.5. The maximum Gasteiger partial charge on any atom is 0.315 e. The Morgan fingerprint density at radius 3 is 2.92 bits per heavy atom. The number of carbonyl (C=O) groups excluding carboxylic acids is 1. The molecule has 0 aliphatic carbocycles. The van der Waals surface area contributed by atoms with Gasteiger partial charge in [-0.05, 0) is 11.6 Å². The third-order valence-electron chi connectivity index (χ3n) is 4.55. The zero-order chi connectivity index (χ0) is 17.2. The lowest BCUT2D eigenvalue weighted by atomic mass is 9.96. The van der Waals surface area contributed by atoms with Crippen molar-refractivity contribution < 1.29 is 19.4 Å². The number of aromatic nitrogens is 2. The van der Waals surface area contributed by atoms with E-state index < -0.39 is 24.5 Å². The number of fused-ring (bicyclic) bond motifs is 2. The first kappa shape index (κ1) is 16.1. The van der Waals surface area contributed by atoms with Crippen LogP contribution in [0.2, 0.25) is 0 Å². The van der Waals surface area contributed by atoms with Gasteiger partial charge in [-0.15, -0.1) is 0 Å². The van der Waals surface area contributed by atoms with Gasteiger partial charge in [-0.25, -0.2) is 4.79 Å². The van der Waals surface area contributed by atoms with E-state index in [-0.39, 0.29) is 12.1 Å². The Hall–Kier alpha value is -2.42. The van der Waals surface area contributed by atoms with Crippen LogP contribution in [-0.4, -0.2) is 52.1 Å². The van der Waals surface area contributed by atoms with Crippen LogP contribution < -0.4 is 10.6 Å². The number of rotatable bonds is 4. The Balaban J connectivity index is 1.41. The number of ether oxygens (including phenoxy) is 2. The summed E-state index contributed by atoms with van der Waals surface area (Å²) in [7, 11) is 0. The minimum Gasteiger partial charge on any atom is -0.388 e. The maximum absolute atomic E-state index is 12.2. The highest BCUT2D eigenvalue weighted by atomic mass is 16.7. The molecule has 3 heterocycles. The summed E-state index contributed by atoms with van der Waals surface area (Å²) in [5.41, 5.74) is 0.997. The number of carbonyl (C=O) groups is 1. The van der Waals surface area contributed by atoms with Gasteiger partial charge in [0, 0.05) is 18.9 Å². The van der Waals surface area contributed by atoms with Gasteiger partial charge in [0.2, 0.25) is 0 Å². The normalized spacial score (nSPS) is 30.8. The molecule has 2 fully saturated rings. The monoisotopic (exact) mass is 344 g/mol. The van der Waals surface area contributed by atoms with Gasteiger partial charge >= 0.3 is 6.03 Å². The fraction of sp³-hybridized carbons (Fsp3) is 0.412. The Kier molecular flexibility index (Phi) is 4.39. The number of nitrogens with zero attached hydrogens (tertiary/aromatic N) is 2. The van der Waals surface area contributed by atoms with Gasteiger partial charge in [-0.1, -0.05) is 30.3 Å². The summed E-state index contributed by atoms with van der Waals surface area (Å²) in [6.45, 7) is 0.728. The van der Waals surface area contributed by atoms with Crippen LogP contribution in [0, 0.1) is 0 Å². The Bertz CT molecular complexity index is 709. The highest BCUT2D eigenvalue weighted by Crippen LogP contribution is 2.35. The van der Waals surface area contributed by atoms with Crippen molar-refractivity contribution >= 4 is 6.03 Å². The average Bonchev–Trinajstić information content (AvgIpc) is 3.30. The van der Waals surface area contributed by atoms with Crippen molar-refractivity contribution in [2.75, 3.05) is 6.61 Å². The van der Waals surface area contributed by atoms with Crippen molar-refractivity contribution in [3.05, 3.63) is 54.4 Å². The molecule has 2 saturated heterocycles. The van der Waals surface area contributed by atoms with Crippen molar-refractivity contribution in [1.82, 2.24) is 20.4 Å². The third kappa shape index (κ3) is 3.23. The van der Waals surface area contributed by atoms with Crippen molar-refractivity contribution in [1.29, 1.82) is 0 Å². The number of aliphatic hydroxyl groups excluding tert-OH is 1. The van der Waals surface area contributed by atoms with E-state index >= 15 is 0 Å². The van der Waals surface area contributed by atoms with Crippen LogP contribution in [0.5, 0.6) is 0 Å². The number of amides is 2. The number of hydrogen-bond donors (Lipinski definition) is 3. The Labute approximate surface area is 144 Å². The van der Waals surface area contributed by atoms with Crippen LogP contribution in [-0.2, 0) is 16.0 Å². The summed E-state index contributed by atoms with van der Waals surface area (Å²) in [5.74, 6) is 0. The molecule has 3 N–H and O–H groups in total. The molecule has 2 aliphatic heterocycles. The second kappa shape index (κ2) is 6.83. The van der Waals surface area contributed by atoms with Gasteiger partial charge in [-0.2, -0.15) is 5.10 Å². The molecule has 0 radical (unpaired) electrons. The van der Waals surface area contributed by atoms with E-state index in [9.17, 15) is 9.90 Å². The molecule has 8 heteroatoms. The van der Waals surface area contributed by atoms with Gasteiger partial charge in [0.05, 0.1) is 12.6 Å². The first-order valence-electron chi connectivity index (χ1n) is 8.25. The summed E-state index contributed by atoms with van der Waals surface area (Å²) in [6, 6.07) is 9.94. The molecule has 2 amide bonds. The first-order valence-corrected chi connectivity index (χ1v) is 8.25. The molecule has 0 unspecified atom stereocenters. The molecular weight excluding hydrogens is 324 g/mol. The number of benzene rings is 1. The molecular formula is C17H20N4O4. The van der Waals surface area contributed by atoms with Crippen LogP contribution in [0.25, 0.3) is 0 Å². The number of hydrogen-bond acceptors (Lipinski definition) is 5. The molecule has 8 nitrogen and oxygen atoms in total. The van der Waals surface area contributed by atoms with Gasteiger partial charge in [0.1, 0.15) is 18.2 Å². The van der Waals surface area contributed by atoms with Crippen LogP contribution in [0.1, 0.15) is 11.6 Å². The highest BCUT2D eigenvalue weighted by Gasteiger charge is 2.51. The summed E-state index contributed by atoms with van der Waals surface area (Å²) in [6.07, 6.45) is 1.56. The molecule has 1 aromatic carbocycles. The van der Waals surface area contributed by atoms with E-state index in [4.69, 9.17) is 9.47 Å². The molecule has 25 heavy (non-hydrogen) atoms. The number of nitrogens with one attached hydrogen (secondary N) is 2. The van der Waals surface area contributed by atoms with E-state index in [0.29, 0.717) is 13.2 Å². The standard InChI is InChI=1S/C17H20N4O4/c22-15-13(20-17(23)18-9-11-5-2-1-3-6-11)12-10-24-16(25-12)14(15)21-8-4-7-19-21/h1-8,12-16,22H,9-10H2,(H2,18,20,23)/t12-,13-,14-,15+,16-/m1/s1. The first-order chi connectivity index (χ1) is 12.2. The second-order valence-electron chi connectivity index (χ2n) is 6.18. The van der Waals surface area contributed by atoms with Crippen molar-refractivity contribution in [2.24, 2.45) is 0 Å². The number of urea groups is 1. The van der Waals surface area contributed by atoms with Gasteiger partial charge in [0.15, 0.2) is 6.29 Å². The van der Waals surface area contributed by atoms with Crippen molar-refractivity contribution in [3.63, 3.8) is 0 Å². The van der Waals surface area contributed by atoms with Crippen molar-refractivity contribution in [2.45, 2.75) is 37.1 Å². The fourth-order valence-electron chi connectivity index (χ4n) is 3.30. The summed E-state index contributed by atoms with van der Waals surface area (Å²) >= 11 is 0. The fourth-order valence-corrected chi connectivity index (χ4v) is 3.30. The lowest BCUT2D eigenvalue weighted by Gasteiger charge is -2.38. The van der Waals surface area contributed by atoms with Gasteiger partial charge in [0.25, 0.3) is 0 Å². The molecule has 132 valence electrons. The van der Waals surface area contributed by atoms with E-state index in [1.165, 1.54) is 0 Å². The topological polar surface area (TPSA) is 97.6 Å². The quantitative estimate of drug-likeness (QED) is 0.746. The molecule has 0 saturated carbocycles. The smallest absolute Gasteiger partial charge is 0.315 e. The lowest BCUT2D eigenvalue weighted by molar-refractivity contribution is -0.166. The molecule has 4 rings (SSSR count). The van der Waals surface area contributed by atoms with Gasteiger partial charge in [-0.3, -0.25) is 4.68 Å². The third-order valence-corrected chi connectivity index (χ3v) is 4.55. The minimum absolute atomic E-state index is 0.323. The number of aliphatic hydroxyl groups is 1. The summed E-state index contributed by atoms with van der Waals surface area (Å²) < 4.78 is 13.0. The molecule has 0 spiro atoms. The largest absolute Gasteiger partial charge is 0.388 e. The zero-order valence-electron chi connectivity index (χ0n) is 13.5. The predicted molar refractivity (Wildman–Crippen MR) is 87.5 cm³/mol. The van der Waals surface area contributed by atoms with E-state index in [0.717, 1.165) is 5.56 Å². The predicted octanol–water partition coefficient (Wildman–Crippen LogP) is 0.408. The summed E-state index contributed by atoms with van der Waals surface area (Å²) in [5, 5.41) is 20.5. The highest BCUT2D eigenvalue weighted by molar-refractivity contribution is 5.74. The second-order valence-corrected chi connectivity index (χ2v) is 6.18. The van der Waals surface area contributed by atoms with Crippen LogP contribution in [0.4, 0.5) is 4.79 Å². The van der Waals surface area contributed by atoms with E-state index in [1.807, 2.05) is 30.3 Å². The van der Waals surface area contributed by atoms with Crippen molar-refractivity contribution in [3.8, 4) is 0 Å². The molecule has 5 atom stereocenters. The van der Waals surface area contributed by atoms with Crippen LogP contribution in [0.15, 0.2) is 48.8 Å². The Morgan fingerprint density at radius 2 is 2.16 bits per heavy atom. The molecule has 2 aromatic rings. The maximum atomic E-state index is 12.2. The SMILES string of the molecule is O=C(NCc1ccccc1)N[C@H]1[C@H](O)[C@@H](n2cccn2)[C@@H]2OC[C@H]1O2. The van der Waals surface area contributed by atoms with Crippen LogP contribution >= 0.6 is 0 Å². The minimum atomic E-state index is -0.867. The Morgan fingerprint density at radius 1 is 1.32 bits per heavy atom. The van der Waals surface area contributed by atoms with E-state index in [1.54, 1.807) is 23.1 Å². The molecule has 2 bridgehead atoms. The average molecular weight is 344 g/mol. The van der Waals surface area contributed by atoms with Gasteiger partial charge < -0.3 is 25.2 Å².